The fourth-order valence-corrected chi connectivity index (χ4v) is 2.80. The molecule has 2 amide bonds. The van der Waals surface area contributed by atoms with E-state index < -0.39 is 54.3 Å². The van der Waals surface area contributed by atoms with Gasteiger partial charge in [0.15, 0.2) is 0 Å². The van der Waals surface area contributed by atoms with Crippen LogP contribution in [0.15, 0.2) is 36.4 Å². The molecule has 3 N–H and O–H groups in total. The average Bonchev–Trinajstić information content (AvgIpc) is 2.82. The van der Waals surface area contributed by atoms with E-state index in [1.807, 2.05) is 0 Å². The zero-order valence-electron chi connectivity index (χ0n) is 17.7. The molecule has 0 saturated heterocycles. The molecule has 0 atom stereocenters. The van der Waals surface area contributed by atoms with Gasteiger partial charge in [0.05, 0.1) is 31.8 Å². The van der Waals surface area contributed by atoms with Crippen LogP contribution in [0.2, 0.25) is 0 Å². The van der Waals surface area contributed by atoms with E-state index in [-0.39, 0.29) is 37.3 Å². The lowest BCUT2D eigenvalue weighted by atomic mass is 10.1. The molecule has 2 rings (SSSR count). The van der Waals surface area contributed by atoms with Crippen molar-refractivity contribution in [1.29, 1.82) is 0 Å². The van der Waals surface area contributed by atoms with Gasteiger partial charge in [0.2, 0.25) is 0 Å². The lowest BCUT2D eigenvalue weighted by Gasteiger charge is -2.09. The zero-order chi connectivity index (χ0) is 26.1. The Bertz CT molecular complexity index is 1110. The molecule has 0 fully saturated rings. The SMILES string of the molecule is O=C(NCCNCCNC(=O)c1ccc([N+](=O)[O-])cc1[N+](=O)[O-])c1ccc([N+](=O)[O-])cc1[N+](=O)[O-]. The molecular weight excluding hydrogens is 474 g/mol. The Kier molecular flexibility index (Phi) is 8.76. The van der Waals surface area contributed by atoms with Crippen molar-refractivity contribution in [2.75, 3.05) is 26.2 Å². The van der Waals surface area contributed by atoms with E-state index in [1.165, 1.54) is 0 Å². The van der Waals surface area contributed by atoms with Crippen LogP contribution in [0.1, 0.15) is 20.7 Å². The molecule has 17 heteroatoms. The second kappa shape index (κ2) is 11.7. The third-order valence-electron chi connectivity index (χ3n) is 4.44. The molecule has 0 aliphatic heterocycles. The molecule has 184 valence electrons. The second-order valence-corrected chi connectivity index (χ2v) is 6.69. The number of benzene rings is 2. The lowest BCUT2D eigenvalue weighted by Crippen LogP contribution is -2.36. The molecule has 0 bridgehead atoms. The van der Waals surface area contributed by atoms with E-state index in [0.717, 1.165) is 24.3 Å². The minimum atomic E-state index is -0.905. The summed E-state index contributed by atoms with van der Waals surface area (Å²) in [5.41, 5.74) is -3.19. The van der Waals surface area contributed by atoms with Gasteiger partial charge in [-0.25, -0.2) is 0 Å². The summed E-state index contributed by atoms with van der Waals surface area (Å²) < 4.78 is 0. The summed E-state index contributed by atoms with van der Waals surface area (Å²) in [6.07, 6.45) is 0. The largest absolute Gasteiger partial charge is 0.351 e. The summed E-state index contributed by atoms with van der Waals surface area (Å²) in [6, 6.07) is 5.27. The van der Waals surface area contributed by atoms with Crippen molar-refractivity contribution in [2.24, 2.45) is 0 Å². The Morgan fingerprint density at radius 3 is 1.29 bits per heavy atom. The van der Waals surface area contributed by atoms with Crippen molar-refractivity contribution >= 4 is 34.6 Å². The molecule has 2 aromatic rings. The smallest absolute Gasteiger partial charge is 0.289 e. The fraction of sp³-hybridized carbons (Fsp3) is 0.222. The molecule has 0 radical (unpaired) electrons. The van der Waals surface area contributed by atoms with E-state index >= 15 is 0 Å². The Balaban J connectivity index is 1.81. The number of nitrogens with one attached hydrogen (secondary N) is 3. The first-order valence-corrected chi connectivity index (χ1v) is 9.65. The number of amides is 2. The molecule has 0 aliphatic carbocycles. The normalized spacial score (nSPS) is 10.3. The minimum absolute atomic E-state index is 0.0226. The van der Waals surface area contributed by atoms with Crippen LogP contribution in [0.3, 0.4) is 0 Å². The lowest BCUT2D eigenvalue weighted by molar-refractivity contribution is -0.394. The highest BCUT2D eigenvalue weighted by molar-refractivity contribution is 5.99. The molecule has 0 unspecified atom stereocenters. The number of rotatable bonds is 12. The van der Waals surface area contributed by atoms with Gasteiger partial charge in [0.1, 0.15) is 11.1 Å². The number of hydrogen-bond acceptors (Lipinski definition) is 11. The maximum Gasteiger partial charge on any atom is 0.289 e. The summed E-state index contributed by atoms with van der Waals surface area (Å²) in [6.45, 7) is 0.406. The Morgan fingerprint density at radius 2 is 0.971 bits per heavy atom. The average molecular weight is 491 g/mol. The maximum atomic E-state index is 12.2. The quantitative estimate of drug-likeness (QED) is 0.215. The van der Waals surface area contributed by atoms with Gasteiger partial charge in [-0.05, 0) is 12.1 Å². The summed E-state index contributed by atoms with van der Waals surface area (Å²) in [4.78, 5) is 64.6. The molecule has 0 aromatic heterocycles. The van der Waals surface area contributed by atoms with Gasteiger partial charge >= 0.3 is 0 Å². The molecule has 0 heterocycles. The predicted molar refractivity (Wildman–Crippen MR) is 117 cm³/mol. The fourth-order valence-electron chi connectivity index (χ4n) is 2.80. The third-order valence-corrected chi connectivity index (χ3v) is 4.44. The van der Waals surface area contributed by atoms with Crippen molar-refractivity contribution in [2.45, 2.75) is 0 Å². The van der Waals surface area contributed by atoms with E-state index in [2.05, 4.69) is 16.0 Å². The Hall–Kier alpha value is -5.06. The van der Waals surface area contributed by atoms with Gasteiger partial charge in [-0.15, -0.1) is 0 Å². The highest BCUT2D eigenvalue weighted by Crippen LogP contribution is 2.25. The number of non-ortho nitro benzene ring substituents is 2. The molecule has 2 aromatic carbocycles. The van der Waals surface area contributed by atoms with Crippen molar-refractivity contribution in [3.63, 3.8) is 0 Å². The van der Waals surface area contributed by atoms with Gasteiger partial charge in [0.25, 0.3) is 34.6 Å². The van der Waals surface area contributed by atoms with E-state index in [1.54, 1.807) is 0 Å². The third kappa shape index (κ3) is 6.96. The van der Waals surface area contributed by atoms with Crippen LogP contribution in [0, 0.1) is 40.5 Å². The summed E-state index contributed by atoms with van der Waals surface area (Å²) in [7, 11) is 0. The van der Waals surface area contributed by atoms with Crippen molar-refractivity contribution in [3.05, 3.63) is 88.0 Å². The van der Waals surface area contributed by atoms with Crippen LogP contribution >= 0.6 is 0 Å². The van der Waals surface area contributed by atoms with Crippen LogP contribution in [-0.2, 0) is 0 Å². The predicted octanol–water partition coefficient (Wildman–Crippen LogP) is 1.07. The molecular formula is C18H17N7O10. The van der Waals surface area contributed by atoms with Gasteiger partial charge in [-0.3, -0.25) is 50.0 Å². The summed E-state index contributed by atoms with van der Waals surface area (Å²) in [5, 5.41) is 51.4. The summed E-state index contributed by atoms with van der Waals surface area (Å²) >= 11 is 0. The monoisotopic (exact) mass is 491 g/mol. The molecule has 35 heavy (non-hydrogen) atoms. The number of nitro benzene ring substituents is 4. The van der Waals surface area contributed by atoms with Crippen LogP contribution in [-0.4, -0.2) is 57.7 Å². The highest BCUT2D eigenvalue weighted by atomic mass is 16.6. The zero-order valence-corrected chi connectivity index (χ0v) is 17.7. The van der Waals surface area contributed by atoms with Gasteiger partial charge in [0, 0.05) is 38.3 Å². The molecule has 0 saturated carbocycles. The van der Waals surface area contributed by atoms with Crippen LogP contribution in [0.5, 0.6) is 0 Å². The Morgan fingerprint density at radius 1 is 0.600 bits per heavy atom. The van der Waals surface area contributed by atoms with Gasteiger partial charge in [-0.1, -0.05) is 0 Å². The van der Waals surface area contributed by atoms with Crippen molar-refractivity contribution in [3.8, 4) is 0 Å². The first-order valence-electron chi connectivity index (χ1n) is 9.65. The van der Waals surface area contributed by atoms with Crippen LogP contribution in [0.4, 0.5) is 22.7 Å². The number of carbonyl (C=O) groups is 2. The van der Waals surface area contributed by atoms with Crippen molar-refractivity contribution in [1.82, 2.24) is 16.0 Å². The number of hydrogen-bond donors (Lipinski definition) is 3. The maximum absolute atomic E-state index is 12.2. The topological polar surface area (TPSA) is 243 Å². The number of nitro groups is 4. The van der Waals surface area contributed by atoms with Crippen molar-refractivity contribution < 1.29 is 29.3 Å². The standard InChI is InChI=1S/C18H17N7O10/c26-17(13-3-1-11(22(28)29)9-15(13)24(32)33)20-7-5-19-6-8-21-18(27)14-4-2-12(23(30)31)10-16(14)25(34)35/h1-4,9-10,19H,5-8H2,(H,20,26)(H,21,27). The summed E-state index contributed by atoms with van der Waals surface area (Å²) in [5.74, 6) is -1.63. The molecule has 0 aliphatic rings. The van der Waals surface area contributed by atoms with E-state index in [9.17, 15) is 50.0 Å². The second-order valence-electron chi connectivity index (χ2n) is 6.69. The van der Waals surface area contributed by atoms with Gasteiger partial charge < -0.3 is 16.0 Å². The number of nitrogens with zero attached hydrogens (tertiary/aromatic N) is 4. The van der Waals surface area contributed by atoms with Crippen LogP contribution < -0.4 is 16.0 Å². The number of carbonyl (C=O) groups excluding carboxylic acids is 2. The highest BCUT2D eigenvalue weighted by Gasteiger charge is 2.25. The van der Waals surface area contributed by atoms with Crippen LogP contribution in [0.25, 0.3) is 0 Å². The van der Waals surface area contributed by atoms with E-state index in [4.69, 9.17) is 0 Å². The Labute approximate surface area is 194 Å². The molecule has 17 nitrogen and oxygen atoms in total. The van der Waals surface area contributed by atoms with Gasteiger partial charge in [-0.2, -0.15) is 0 Å². The first kappa shape index (κ1) is 26.2. The minimum Gasteiger partial charge on any atom is -0.351 e. The van der Waals surface area contributed by atoms with E-state index in [0.29, 0.717) is 12.1 Å². The first-order chi connectivity index (χ1) is 16.5. The molecule has 0 spiro atoms.